The summed E-state index contributed by atoms with van der Waals surface area (Å²) in [7, 11) is 0. The summed E-state index contributed by atoms with van der Waals surface area (Å²) in [6.45, 7) is 4.60. The van der Waals surface area contributed by atoms with Crippen molar-refractivity contribution in [2.75, 3.05) is 0 Å². The van der Waals surface area contributed by atoms with Crippen LogP contribution in [0.3, 0.4) is 0 Å². The predicted octanol–water partition coefficient (Wildman–Crippen LogP) is 10.9. The van der Waals surface area contributed by atoms with E-state index in [0.717, 1.165) is 0 Å². The minimum Gasteiger partial charge on any atom is -0.0885 e. The van der Waals surface area contributed by atoms with Crippen molar-refractivity contribution in [1.82, 2.24) is 0 Å². The van der Waals surface area contributed by atoms with Crippen LogP contribution in [0.2, 0.25) is 0 Å². The second-order valence-corrected chi connectivity index (χ2v) is 9.12. The van der Waals surface area contributed by atoms with E-state index in [1.165, 1.54) is 154 Å². The molecule has 0 N–H and O–H groups in total. The van der Waals surface area contributed by atoms with E-state index >= 15 is 0 Å². The molecule has 168 valence electrons. The van der Waals surface area contributed by atoms with Crippen LogP contribution >= 0.6 is 0 Å². The minimum atomic E-state index is 1.31. The summed E-state index contributed by atoms with van der Waals surface area (Å²) in [4.78, 5) is 0. The van der Waals surface area contributed by atoms with Gasteiger partial charge < -0.3 is 0 Å². The molecule has 0 nitrogen and oxygen atoms in total. The van der Waals surface area contributed by atoms with Crippen LogP contribution < -0.4 is 0 Å². The fourth-order valence-corrected chi connectivity index (χ4v) is 4.09. The average molecular weight is 393 g/mol. The Morgan fingerprint density at radius 2 is 0.500 bits per heavy atom. The Balaban J connectivity index is 3.05. The van der Waals surface area contributed by atoms with Gasteiger partial charge >= 0.3 is 0 Å². The van der Waals surface area contributed by atoms with Crippen LogP contribution in [-0.2, 0) is 0 Å². The molecule has 0 radical (unpaired) electrons. The molecule has 0 aliphatic heterocycles. The fraction of sp³-hybridized carbons (Fsp3) is 0.929. The van der Waals surface area contributed by atoms with Gasteiger partial charge in [0.1, 0.15) is 0 Å². The zero-order valence-electron chi connectivity index (χ0n) is 20.1. The quantitative estimate of drug-likeness (QED) is 0.113. The molecule has 0 amide bonds. The van der Waals surface area contributed by atoms with Crippen LogP contribution in [0.4, 0.5) is 0 Å². The van der Waals surface area contributed by atoms with E-state index in [1.807, 2.05) is 0 Å². The van der Waals surface area contributed by atoms with E-state index < -0.39 is 0 Å². The molecule has 0 aliphatic rings. The first-order chi connectivity index (χ1) is 13.9. The first-order valence-corrected chi connectivity index (χ1v) is 13.6. The van der Waals surface area contributed by atoms with Crippen LogP contribution in [-0.4, -0.2) is 0 Å². The Morgan fingerprint density at radius 3 is 0.750 bits per heavy atom. The zero-order chi connectivity index (χ0) is 20.4. The van der Waals surface area contributed by atoms with Crippen molar-refractivity contribution in [3.8, 4) is 0 Å². The van der Waals surface area contributed by atoms with Crippen molar-refractivity contribution in [3.63, 3.8) is 0 Å². The van der Waals surface area contributed by atoms with Crippen molar-refractivity contribution in [1.29, 1.82) is 0 Å². The Labute approximate surface area is 180 Å². The molecule has 0 aromatic carbocycles. The lowest BCUT2D eigenvalue weighted by Crippen LogP contribution is -1.83. The van der Waals surface area contributed by atoms with E-state index in [2.05, 4.69) is 26.0 Å². The third-order valence-corrected chi connectivity index (χ3v) is 6.12. The summed E-state index contributed by atoms with van der Waals surface area (Å²) in [6.07, 6.45) is 39.4. The first kappa shape index (κ1) is 27.7. The Kier molecular flexibility index (Phi) is 26.5. The van der Waals surface area contributed by atoms with Crippen LogP contribution in [0, 0.1) is 0 Å². The number of hydrogen-bond acceptors (Lipinski definition) is 0. The van der Waals surface area contributed by atoms with Crippen molar-refractivity contribution in [3.05, 3.63) is 12.2 Å². The molecule has 0 heterocycles. The highest BCUT2D eigenvalue weighted by Gasteiger charge is 1.94. The second kappa shape index (κ2) is 26.7. The molecule has 0 atom stereocenters. The van der Waals surface area contributed by atoms with E-state index in [9.17, 15) is 0 Å². The Bertz CT molecular complexity index is 278. The predicted molar refractivity (Wildman–Crippen MR) is 131 cm³/mol. The Morgan fingerprint density at radius 1 is 0.286 bits per heavy atom. The average Bonchev–Trinajstić information content (AvgIpc) is 2.71. The summed E-state index contributed by atoms with van der Waals surface area (Å²) in [5, 5.41) is 0. The topological polar surface area (TPSA) is 0 Å². The molecule has 0 unspecified atom stereocenters. The van der Waals surface area contributed by atoms with Crippen molar-refractivity contribution >= 4 is 0 Å². The van der Waals surface area contributed by atoms with E-state index in [0.29, 0.717) is 0 Å². The molecule has 0 aromatic heterocycles. The van der Waals surface area contributed by atoms with Gasteiger partial charge in [0, 0.05) is 0 Å². The van der Waals surface area contributed by atoms with E-state index in [4.69, 9.17) is 0 Å². The van der Waals surface area contributed by atoms with Gasteiger partial charge in [-0.15, -0.1) is 0 Å². The highest BCUT2D eigenvalue weighted by Crippen LogP contribution is 2.14. The number of hydrogen-bond donors (Lipinski definition) is 0. The molecular formula is C28H56. The zero-order valence-corrected chi connectivity index (χ0v) is 20.1. The minimum absolute atomic E-state index is 1.31. The maximum Gasteiger partial charge on any atom is -0.0351 e. The highest BCUT2D eigenvalue weighted by molar-refractivity contribution is 4.81. The lowest BCUT2D eigenvalue weighted by atomic mass is 10.0. The Hall–Kier alpha value is -0.260. The van der Waals surface area contributed by atoms with Gasteiger partial charge in [-0.1, -0.05) is 154 Å². The number of unbranched alkanes of at least 4 members (excludes halogenated alkanes) is 22. The van der Waals surface area contributed by atoms with Crippen LogP contribution in [0.25, 0.3) is 0 Å². The normalized spacial score (nSPS) is 11.6. The molecule has 0 rings (SSSR count). The van der Waals surface area contributed by atoms with Crippen LogP contribution in [0.1, 0.15) is 168 Å². The summed E-state index contributed by atoms with van der Waals surface area (Å²) >= 11 is 0. The summed E-state index contributed by atoms with van der Waals surface area (Å²) in [6, 6.07) is 0. The van der Waals surface area contributed by atoms with E-state index in [-0.39, 0.29) is 0 Å². The summed E-state index contributed by atoms with van der Waals surface area (Å²) < 4.78 is 0. The van der Waals surface area contributed by atoms with Gasteiger partial charge in [0.15, 0.2) is 0 Å². The largest absolute Gasteiger partial charge is 0.0885 e. The molecule has 0 heteroatoms. The first-order valence-electron chi connectivity index (χ1n) is 13.6. The standard InChI is InChI=1S/C28H56/c1-3-5-7-9-11-13-15-17-19-21-23-25-27-28-26-24-22-20-18-16-14-12-10-8-6-4-2/h23,25H,3-22,24,26-28H2,1-2H3/b25-23+. The number of allylic oxidation sites excluding steroid dienone is 2. The second-order valence-electron chi connectivity index (χ2n) is 9.12. The van der Waals surface area contributed by atoms with Gasteiger partial charge in [-0.3, -0.25) is 0 Å². The molecule has 0 saturated heterocycles. The van der Waals surface area contributed by atoms with Crippen molar-refractivity contribution < 1.29 is 0 Å². The SMILES string of the molecule is CCCCCCCCCCC/C=C/CCCCCCCCCCCCCCC. The molecule has 0 saturated carbocycles. The van der Waals surface area contributed by atoms with Gasteiger partial charge in [-0.05, 0) is 25.7 Å². The van der Waals surface area contributed by atoms with Crippen LogP contribution in [0.15, 0.2) is 12.2 Å². The van der Waals surface area contributed by atoms with Gasteiger partial charge in [0.2, 0.25) is 0 Å². The number of rotatable bonds is 24. The summed E-state index contributed by atoms with van der Waals surface area (Å²) in [5.41, 5.74) is 0. The third-order valence-electron chi connectivity index (χ3n) is 6.12. The third kappa shape index (κ3) is 25.7. The molecule has 0 spiro atoms. The van der Waals surface area contributed by atoms with Gasteiger partial charge in [0.25, 0.3) is 0 Å². The van der Waals surface area contributed by atoms with Crippen molar-refractivity contribution in [2.45, 2.75) is 168 Å². The van der Waals surface area contributed by atoms with Gasteiger partial charge in [0.05, 0.1) is 0 Å². The van der Waals surface area contributed by atoms with Crippen LogP contribution in [0.5, 0.6) is 0 Å². The maximum absolute atomic E-state index is 2.45. The summed E-state index contributed by atoms with van der Waals surface area (Å²) in [5.74, 6) is 0. The van der Waals surface area contributed by atoms with Gasteiger partial charge in [-0.25, -0.2) is 0 Å². The smallest absolute Gasteiger partial charge is 0.0351 e. The van der Waals surface area contributed by atoms with Gasteiger partial charge in [-0.2, -0.15) is 0 Å². The van der Waals surface area contributed by atoms with E-state index in [1.54, 1.807) is 0 Å². The molecule has 0 aromatic rings. The molecule has 0 fully saturated rings. The highest BCUT2D eigenvalue weighted by atomic mass is 14.0. The molecule has 0 bridgehead atoms. The lowest BCUT2D eigenvalue weighted by molar-refractivity contribution is 0.540. The fourth-order valence-electron chi connectivity index (χ4n) is 4.09. The maximum atomic E-state index is 2.45. The lowest BCUT2D eigenvalue weighted by Gasteiger charge is -2.02. The molecule has 28 heavy (non-hydrogen) atoms. The molecular weight excluding hydrogens is 336 g/mol. The monoisotopic (exact) mass is 392 g/mol. The molecule has 0 aliphatic carbocycles. The van der Waals surface area contributed by atoms with Crippen molar-refractivity contribution in [2.24, 2.45) is 0 Å².